The fourth-order valence-electron chi connectivity index (χ4n) is 2.58. The minimum atomic E-state index is -0.233. The molecule has 0 spiro atoms. The number of aromatic nitrogens is 2. The fourth-order valence-corrected chi connectivity index (χ4v) is 2.58. The van der Waals surface area contributed by atoms with Crippen LogP contribution in [0, 0.1) is 5.82 Å². The first-order valence-corrected chi connectivity index (χ1v) is 7.17. The molecule has 3 aromatic rings. The van der Waals surface area contributed by atoms with Crippen molar-refractivity contribution in [3.63, 3.8) is 0 Å². The van der Waals surface area contributed by atoms with Crippen molar-refractivity contribution in [1.82, 2.24) is 9.55 Å². The third-order valence-electron chi connectivity index (χ3n) is 3.59. The Balaban J connectivity index is 2.08. The van der Waals surface area contributed by atoms with E-state index in [0.29, 0.717) is 18.7 Å². The van der Waals surface area contributed by atoms with Gasteiger partial charge >= 0.3 is 0 Å². The molecule has 22 heavy (non-hydrogen) atoms. The molecule has 0 bridgehead atoms. The van der Waals surface area contributed by atoms with Crippen LogP contribution in [0.5, 0.6) is 0 Å². The van der Waals surface area contributed by atoms with Gasteiger partial charge in [-0.2, -0.15) is 0 Å². The number of benzene rings is 2. The quantitative estimate of drug-likeness (QED) is 0.585. The van der Waals surface area contributed by atoms with E-state index in [1.54, 1.807) is 12.1 Å². The molecule has 112 valence electrons. The van der Waals surface area contributed by atoms with Crippen molar-refractivity contribution >= 4 is 16.7 Å². The van der Waals surface area contributed by atoms with Crippen LogP contribution in [-0.4, -0.2) is 9.55 Å². The number of hydrogen-bond acceptors (Lipinski definition) is 2. The first-order valence-electron chi connectivity index (χ1n) is 7.17. The van der Waals surface area contributed by atoms with Crippen molar-refractivity contribution < 1.29 is 4.39 Å². The van der Waals surface area contributed by atoms with Gasteiger partial charge in [-0.1, -0.05) is 30.4 Å². The topological polar surface area (TPSA) is 43.8 Å². The average molecular weight is 295 g/mol. The molecule has 2 aromatic carbocycles. The second-order valence-corrected chi connectivity index (χ2v) is 5.59. The fraction of sp³-hybridized carbons (Fsp3) is 0.167. The van der Waals surface area contributed by atoms with Gasteiger partial charge in [0.05, 0.1) is 11.2 Å². The summed E-state index contributed by atoms with van der Waals surface area (Å²) in [5, 5.41) is 0. The Morgan fingerprint density at radius 3 is 2.64 bits per heavy atom. The molecule has 0 atom stereocenters. The molecule has 0 fully saturated rings. The number of allylic oxidation sites excluding steroid dienone is 1. The molecule has 0 saturated heterocycles. The van der Waals surface area contributed by atoms with Crippen LogP contribution in [0.25, 0.3) is 11.0 Å². The van der Waals surface area contributed by atoms with E-state index in [2.05, 4.69) is 16.1 Å². The van der Waals surface area contributed by atoms with E-state index in [4.69, 9.17) is 5.73 Å². The third-order valence-corrected chi connectivity index (χ3v) is 3.59. The molecule has 0 radical (unpaired) electrons. The minimum absolute atomic E-state index is 0.233. The summed E-state index contributed by atoms with van der Waals surface area (Å²) in [6.45, 7) is 6.67. The number of para-hydroxylation sites is 1. The molecule has 3 nitrogen and oxygen atoms in total. The highest BCUT2D eigenvalue weighted by Crippen LogP contribution is 2.24. The van der Waals surface area contributed by atoms with Crippen molar-refractivity contribution in [1.29, 1.82) is 0 Å². The van der Waals surface area contributed by atoms with Crippen molar-refractivity contribution in [3.05, 3.63) is 71.8 Å². The smallest absolute Gasteiger partial charge is 0.123 e. The molecule has 0 aliphatic rings. The molecule has 2 N–H and O–H groups in total. The van der Waals surface area contributed by atoms with Gasteiger partial charge in [0.15, 0.2) is 0 Å². The van der Waals surface area contributed by atoms with Crippen LogP contribution in [0.2, 0.25) is 0 Å². The number of halogens is 1. The minimum Gasteiger partial charge on any atom is -0.397 e. The van der Waals surface area contributed by atoms with E-state index >= 15 is 0 Å². The molecule has 1 heterocycles. The first-order chi connectivity index (χ1) is 10.5. The Bertz CT molecular complexity index is 831. The van der Waals surface area contributed by atoms with Gasteiger partial charge in [0.2, 0.25) is 0 Å². The lowest BCUT2D eigenvalue weighted by Gasteiger charge is -2.09. The third kappa shape index (κ3) is 2.72. The zero-order valence-electron chi connectivity index (χ0n) is 12.5. The van der Waals surface area contributed by atoms with Gasteiger partial charge in [0.1, 0.15) is 17.2 Å². The lowest BCUT2D eigenvalue weighted by Crippen LogP contribution is -2.05. The molecule has 4 heteroatoms. The van der Waals surface area contributed by atoms with Gasteiger partial charge < -0.3 is 10.3 Å². The Morgan fingerprint density at radius 2 is 1.95 bits per heavy atom. The van der Waals surface area contributed by atoms with Crippen LogP contribution in [0.1, 0.15) is 18.3 Å². The predicted molar refractivity (Wildman–Crippen MR) is 88.2 cm³/mol. The van der Waals surface area contributed by atoms with Gasteiger partial charge in [-0.25, -0.2) is 9.37 Å². The summed E-state index contributed by atoms with van der Waals surface area (Å²) in [5.74, 6) is 0.672. The second-order valence-electron chi connectivity index (χ2n) is 5.59. The molecule has 0 unspecified atom stereocenters. The van der Waals surface area contributed by atoms with E-state index in [1.165, 1.54) is 12.1 Å². The highest BCUT2D eigenvalue weighted by molar-refractivity contribution is 5.87. The second kappa shape index (κ2) is 5.64. The summed E-state index contributed by atoms with van der Waals surface area (Å²) in [6, 6.07) is 12.3. The number of nitrogens with zero attached hydrogens (tertiary/aromatic N) is 2. The van der Waals surface area contributed by atoms with Crippen molar-refractivity contribution in [3.8, 4) is 0 Å². The van der Waals surface area contributed by atoms with E-state index in [0.717, 1.165) is 28.0 Å². The first kappa shape index (κ1) is 14.3. The Hall–Kier alpha value is -2.62. The standard InChI is InChI=1S/C18H18FN3/c1-12(2)11-22-16-5-3-4-15(20)18(16)21-17(22)10-13-6-8-14(19)9-7-13/h3-9H,1,10-11,20H2,2H3. The van der Waals surface area contributed by atoms with Crippen LogP contribution >= 0.6 is 0 Å². The summed E-state index contributed by atoms with van der Waals surface area (Å²) >= 11 is 0. The van der Waals surface area contributed by atoms with Crippen molar-refractivity contribution in [2.45, 2.75) is 19.9 Å². The molecular formula is C18H18FN3. The van der Waals surface area contributed by atoms with Gasteiger partial charge in [-0.3, -0.25) is 0 Å². The zero-order chi connectivity index (χ0) is 15.7. The van der Waals surface area contributed by atoms with E-state index in [-0.39, 0.29) is 5.82 Å². The summed E-state index contributed by atoms with van der Waals surface area (Å²) in [5.41, 5.74) is 10.6. The lowest BCUT2D eigenvalue weighted by molar-refractivity contribution is 0.627. The van der Waals surface area contributed by atoms with Gasteiger partial charge in [-0.05, 0) is 36.8 Å². The highest BCUT2D eigenvalue weighted by Gasteiger charge is 2.13. The van der Waals surface area contributed by atoms with Crippen LogP contribution in [0.15, 0.2) is 54.6 Å². The van der Waals surface area contributed by atoms with Gasteiger partial charge in [-0.15, -0.1) is 0 Å². The predicted octanol–water partition coefficient (Wildman–Crippen LogP) is 3.92. The molecule has 0 saturated carbocycles. The maximum absolute atomic E-state index is 13.0. The van der Waals surface area contributed by atoms with E-state index in [9.17, 15) is 4.39 Å². The number of imidazole rings is 1. The normalized spacial score (nSPS) is 11.0. The lowest BCUT2D eigenvalue weighted by atomic mass is 10.1. The maximum atomic E-state index is 13.0. The van der Waals surface area contributed by atoms with E-state index < -0.39 is 0 Å². The molecule has 1 aromatic heterocycles. The number of nitrogen functional groups attached to an aromatic ring is 1. The molecule has 0 aliphatic carbocycles. The van der Waals surface area contributed by atoms with Crippen LogP contribution < -0.4 is 5.73 Å². The van der Waals surface area contributed by atoms with Crippen LogP contribution in [0.4, 0.5) is 10.1 Å². The monoisotopic (exact) mass is 295 g/mol. The Labute approximate surface area is 128 Å². The largest absolute Gasteiger partial charge is 0.397 e. The number of nitrogens with two attached hydrogens (primary N) is 1. The maximum Gasteiger partial charge on any atom is 0.123 e. The highest BCUT2D eigenvalue weighted by atomic mass is 19.1. The Morgan fingerprint density at radius 1 is 1.23 bits per heavy atom. The van der Waals surface area contributed by atoms with Crippen molar-refractivity contribution in [2.75, 3.05) is 5.73 Å². The Kier molecular flexibility index (Phi) is 3.67. The summed E-state index contributed by atoms with van der Waals surface area (Å²) in [7, 11) is 0. The summed E-state index contributed by atoms with van der Waals surface area (Å²) < 4.78 is 15.2. The van der Waals surface area contributed by atoms with Crippen molar-refractivity contribution in [2.24, 2.45) is 0 Å². The van der Waals surface area contributed by atoms with E-state index in [1.807, 2.05) is 25.1 Å². The van der Waals surface area contributed by atoms with Gasteiger partial charge in [0, 0.05) is 13.0 Å². The van der Waals surface area contributed by atoms with Crippen LogP contribution in [0.3, 0.4) is 0 Å². The summed E-state index contributed by atoms with van der Waals surface area (Å²) in [6.07, 6.45) is 0.627. The zero-order valence-corrected chi connectivity index (χ0v) is 12.5. The molecule has 0 amide bonds. The van der Waals surface area contributed by atoms with Crippen LogP contribution in [-0.2, 0) is 13.0 Å². The summed E-state index contributed by atoms with van der Waals surface area (Å²) in [4.78, 5) is 4.69. The number of fused-ring (bicyclic) bond motifs is 1. The molecular weight excluding hydrogens is 277 g/mol. The number of anilines is 1. The number of hydrogen-bond donors (Lipinski definition) is 1. The molecule has 0 aliphatic heterocycles. The SMILES string of the molecule is C=C(C)Cn1c(Cc2ccc(F)cc2)nc2c(N)cccc21. The van der Waals surface area contributed by atoms with Gasteiger partial charge in [0.25, 0.3) is 0 Å². The molecule has 3 rings (SSSR count). The average Bonchev–Trinajstić information content (AvgIpc) is 2.81. The number of rotatable bonds is 4.